The molecule has 0 unspecified atom stereocenters. The van der Waals surface area contributed by atoms with Crippen molar-refractivity contribution in [3.05, 3.63) is 40.9 Å². The summed E-state index contributed by atoms with van der Waals surface area (Å²) in [7, 11) is 0. The molecule has 0 saturated heterocycles. The zero-order valence-corrected chi connectivity index (χ0v) is 13.8. The number of fused-ring (bicyclic) bond motifs is 1. The van der Waals surface area contributed by atoms with Gasteiger partial charge in [0.15, 0.2) is 5.65 Å². The molecule has 0 bridgehead atoms. The molecular formula is C14H14BrN5S. The Labute approximate surface area is 135 Å². The molecular weight excluding hydrogens is 350 g/mol. The molecule has 0 saturated carbocycles. The summed E-state index contributed by atoms with van der Waals surface area (Å²) in [5, 5.41) is 4.25. The lowest BCUT2D eigenvalue weighted by atomic mass is 10.2. The molecule has 0 aliphatic heterocycles. The highest BCUT2D eigenvalue weighted by molar-refractivity contribution is 9.10. The number of nitrogens with zero attached hydrogens (tertiary/aromatic N) is 3. The number of hydrogen-bond acceptors (Lipinski definition) is 5. The van der Waals surface area contributed by atoms with Crippen LogP contribution >= 0.6 is 27.7 Å². The lowest BCUT2D eigenvalue weighted by molar-refractivity contribution is 0.717. The summed E-state index contributed by atoms with van der Waals surface area (Å²) in [5.74, 6) is 0. The normalized spacial score (nSPS) is 11.1. The molecule has 2 aromatic heterocycles. The molecule has 2 heterocycles. The maximum Gasteiger partial charge on any atom is 0.181 e. The zero-order chi connectivity index (χ0) is 14.7. The van der Waals surface area contributed by atoms with Gasteiger partial charge in [-0.3, -0.25) is 0 Å². The van der Waals surface area contributed by atoms with Crippen molar-refractivity contribution in [2.45, 2.75) is 23.4 Å². The number of aromatic amines is 1. The first-order valence-electron chi connectivity index (χ1n) is 6.59. The highest BCUT2D eigenvalue weighted by Gasteiger charge is 2.10. The summed E-state index contributed by atoms with van der Waals surface area (Å²) in [5.41, 5.74) is 2.81. The SMILES string of the molecule is CCNCc1cc(Br)ccc1Sc1ncnc2nc[nH]c12. The molecule has 3 aromatic rings. The average Bonchev–Trinajstić information content (AvgIpc) is 2.97. The van der Waals surface area contributed by atoms with E-state index in [1.807, 2.05) is 6.07 Å². The minimum atomic E-state index is 0.692. The van der Waals surface area contributed by atoms with Crippen molar-refractivity contribution < 1.29 is 0 Å². The summed E-state index contributed by atoms with van der Waals surface area (Å²) in [6, 6.07) is 6.28. The van der Waals surface area contributed by atoms with E-state index in [0.717, 1.165) is 28.1 Å². The molecule has 0 radical (unpaired) electrons. The van der Waals surface area contributed by atoms with Gasteiger partial charge in [0.2, 0.25) is 0 Å². The van der Waals surface area contributed by atoms with Gasteiger partial charge in [0, 0.05) is 15.9 Å². The van der Waals surface area contributed by atoms with Gasteiger partial charge in [-0.1, -0.05) is 34.6 Å². The van der Waals surface area contributed by atoms with Crippen molar-refractivity contribution in [2.24, 2.45) is 0 Å². The van der Waals surface area contributed by atoms with Gasteiger partial charge >= 0.3 is 0 Å². The number of hydrogen-bond donors (Lipinski definition) is 2. The first-order chi connectivity index (χ1) is 10.3. The molecule has 7 heteroatoms. The second-order valence-electron chi connectivity index (χ2n) is 4.41. The Hall–Kier alpha value is -1.44. The van der Waals surface area contributed by atoms with Crippen LogP contribution in [0.4, 0.5) is 0 Å². The second kappa shape index (κ2) is 6.55. The molecule has 3 rings (SSSR count). The average molecular weight is 364 g/mol. The van der Waals surface area contributed by atoms with Crippen molar-refractivity contribution in [2.75, 3.05) is 6.54 Å². The van der Waals surface area contributed by atoms with E-state index >= 15 is 0 Å². The molecule has 108 valence electrons. The Kier molecular flexibility index (Phi) is 4.52. The molecule has 0 spiro atoms. The van der Waals surface area contributed by atoms with Crippen molar-refractivity contribution in [1.82, 2.24) is 25.3 Å². The zero-order valence-electron chi connectivity index (χ0n) is 11.4. The lowest BCUT2D eigenvalue weighted by Crippen LogP contribution is -2.12. The van der Waals surface area contributed by atoms with E-state index in [-0.39, 0.29) is 0 Å². The highest BCUT2D eigenvalue weighted by atomic mass is 79.9. The van der Waals surface area contributed by atoms with Crippen LogP contribution in [0, 0.1) is 0 Å². The number of nitrogens with one attached hydrogen (secondary N) is 2. The Morgan fingerprint density at radius 2 is 2.19 bits per heavy atom. The fourth-order valence-electron chi connectivity index (χ4n) is 1.97. The molecule has 0 amide bonds. The van der Waals surface area contributed by atoms with Crippen LogP contribution in [-0.4, -0.2) is 26.5 Å². The van der Waals surface area contributed by atoms with Gasteiger partial charge in [0.25, 0.3) is 0 Å². The lowest BCUT2D eigenvalue weighted by Gasteiger charge is -2.10. The molecule has 1 aromatic carbocycles. The summed E-state index contributed by atoms with van der Waals surface area (Å²) >= 11 is 5.15. The quantitative estimate of drug-likeness (QED) is 0.680. The fraction of sp³-hybridized carbons (Fsp3) is 0.214. The van der Waals surface area contributed by atoms with Gasteiger partial charge in [0.05, 0.1) is 6.33 Å². The maximum absolute atomic E-state index is 4.37. The first kappa shape index (κ1) is 14.5. The van der Waals surface area contributed by atoms with Crippen LogP contribution in [0.15, 0.2) is 45.2 Å². The summed E-state index contributed by atoms with van der Waals surface area (Å²) in [4.78, 5) is 17.0. The van der Waals surface area contributed by atoms with E-state index in [1.54, 1.807) is 24.4 Å². The number of rotatable bonds is 5. The second-order valence-corrected chi connectivity index (χ2v) is 6.36. The van der Waals surface area contributed by atoms with Crippen molar-refractivity contribution >= 4 is 38.9 Å². The minimum absolute atomic E-state index is 0.692. The van der Waals surface area contributed by atoms with Crippen LogP contribution in [0.1, 0.15) is 12.5 Å². The van der Waals surface area contributed by atoms with Gasteiger partial charge in [-0.15, -0.1) is 0 Å². The smallest absolute Gasteiger partial charge is 0.181 e. The summed E-state index contributed by atoms with van der Waals surface area (Å²) in [6.45, 7) is 3.87. The van der Waals surface area contributed by atoms with E-state index in [0.29, 0.717) is 5.65 Å². The third-order valence-corrected chi connectivity index (χ3v) is 4.60. The maximum atomic E-state index is 4.37. The fourth-order valence-corrected chi connectivity index (χ4v) is 3.34. The standard InChI is InChI=1S/C14H14BrN5S/c1-2-16-6-9-5-10(15)3-4-11(9)21-14-12-13(18-7-17-12)19-8-20-14/h3-5,7-8,16H,2,6H2,1H3,(H,17,18,19,20). The molecule has 0 fully saturated rings. The van der Waals surface area contributed by atoms with Crippen LogP contribution in [0.2, 0.25) is 0 Å². The molecule has 0 aliphatic rings. The van der Waals surface area contributed by atoms with Crippen LogP contribution < -0.4 is 5.32 Å². The Balaban J connectivity index is 1.95. The van der Waals surface area contributed by atoms with E-state index in [4.69, 9.17) is 0 Å². The molecule has 21 heavy (non-hydrogen) atoms. The Morgan fingerprint density at radius 3 is 3.05 bits per heavy atom. The van der Waals surface area contributed by atoms with Crippen LogP contribution in [-0.2, 0) is 6.54 Å². The van der Waals surface area contributed by atoms with Gasteiger partial charge in [-0.05, 0) is 30.3 Å². The Bertz CT molecular complexity index is 758. The van der Waals surface area contributed by atoms with Gasteiger partial charge in [-0.2, -0.15) is 0 Å². The monoisotopic (exact) mass is 363 g/mol. The number of halogens is 1. The van der Waals surface area contributed by atoms with E-state index in [9.17, 15) is 0 Å². The predicted octanol–water partition coefficient (Wildman–Crippen LogP) is 3.38. The molecule has 0 aliphatic carbocycles. The van der Waals surface area contributed by atoms with Crippen molar-refractivity contribution in [3.8, 4) is 0 Å². The number of H-pyrrole nitrogens is 1. The highest BCUT2D eigenvalue weighted by Crippen LogP contribution is 2.33. The molecule has 0 atom stereocenters. The Morgan fingerprint density at radius 1 is 1.29 bits per heavy atom. The molecule has 5 nitrogen and oxygen atoms in total. The number of benzene rings is 1. The van der Waals surface area contributed by atoms with E-state index in [1.165, 1.54) is 10.5 Å². The van der Waals surface area contributed by atoms with Crippen LogP contribution in [0.25, 0.3) is 11.2 Å². The minimum Gasteiger partial charge on any atom is -0.341 e. The van der Waals surface area contributed by atoms with Gasteiger partial charge in [-0.25, -0.2) is 15.0 Å². The van der Waals surface area contributed by atoms with Crippen LogP contribution in [0.3, 0.4) is 0 Å². The van der Waals surface area contributed by atoms with Gasteiger partial charge < -0.3 is 10.3 Å². The number of imidazole rings is 1. The largest absolute Gasteiger partial charge is 0.341 e. The first-order valence-corrected chi connectivity index (χ1v) is 8.20. The molecule has 2 N–H and O–H groups in total. The van der Waals surface area contributed by atoms with Gasteiger partial charge in [0.1, 0.15) is 16.9 Å². The third kappa shape index (κ3) is 3.25. The summed E-state index contributed by atoms with van der Waals surface area (Å²) < 4.78 is 1.08. The van der Waals surface area contributed by atoms with Crippen molar-refractivity contribution in [1.29, 1.82) is 0 Å². The summed E-state index contributed by atoms with van der Waals surface area (Å²) in [6.07, 6.45) is 3.19. The van der Waals surface area contributed by atoms with E-state index < -0.39 is 0 Å². The third-order valence-electron chi connectivity index (χ3n) is 2.98. The van der Waals surface area contributed by atoms with Crippen molar-refractivity contribution in [3.63, 3.8) is 0 Å². The predicted molar refractivity (Wildman–Crippen MR) is 87.3 cm³/mol. The topological polar surface area (TPSA) is 66.5 Å². The van der Waals surface area contributed by atoms with E-state index in [2.05, 4.69) is 60.2 Å². The number of aromatic nitrogens is 4. The van der Waals surface area contributed by atoms with Crippen LogP contribution in [0.5, 0.6) is 0 Å².